The first-order valence-corrected chi connectivity index (χ1v) is 14.0. The molecule has 2 aromatic carbocycles. The number of carbonyl (C=O) groups is 1. The molecule has 8 heteroatoms. The number of hydrogen-bond donors (Lipinski definition) is 1. The van der Waals surface area contributed by atoms with E-state index >= 15 is 0 Å². The van der Waals surface area contributed by atoms with Crippen LogP contribution in [-0.4, -0.2) is 54.6 Å². The Kier molecular flexibility index (Phi) is 6.84. The van der Waals surface area contributed by atoms with Crippen LogP contribution in [0, 0.1) is 5.92 Å². The van der Waals surface area contributed by atoms with E-state index in [1.807, 2.05) is 6.20 Å². The third-order valence-electron chi connectivity index (χ3n) is 8.72. The normalized spacial score (nSPS) is 21.6. The highest BCUT2D eigenvalue weighted by Gasteiger charge is 2.43. The number of amides is 1. The molecule has 2 fully saturated rings. The highest BCUT2D eigenvalue weighted by Crippen LogP contribution is 2.44. The zero-order valence-electron chi connectivity index (χ0n) is 21.6. The van der Waals surface area contributed by atoms with E-state index in [2.05, 4.69) is 39.0 Å². The second-order valence-electron chi connectivity index (χ2n) is 11.1. The first-order chi connectivity index (χ1) is 18.4. The van der Waals surface area contributed by atoms with Crippen molar-refractivity contribution in [3.63, 3.8) is 0 Å². The third kappa shape index (κ3) is 4.79. The number of carbonyl (C=O) groups excluding carboxylic acids is 1. The summed E-state index contributed by atoms with van der Waals surface area (Å²) >= 11 is 0. The van der Waals surface area contributed by atoms with Crippen LogP contribution < -0.4 is 9.80 Å². The van der Waals surface area contributed by atoms with Gasteiger partial charge in [-0.1, -0.05) is 37.5 Å². The smallest absolute Gasteiger partial charge is 0.368 e. The summed E-state index contributed by atoms with van der Waals surface area (Å²) in [5.41, 5.74) is 2.41. The summed E-state index contributed by atoms with van der Waals surface area (Å²) in [7, 11) is 0. The molecule has 1 amide bonds. The lowest BCUT2D eigenvalue weighted by Crippen LogP contribution is -2.55. The van der Waals surface area contributed by atoms with Crippen LogP contribution >= 0.6 is 0 Å². The van der Waals surface area contributed by atoms with E-state index in [4.69, 9.17) is 0 Å². The Labute approximate surface area is 221 Å². The number of para-hydroxylation sites is 1. The molecule has 5 nitrogen and oxygen atoms in total. The Hall–Kier alpha value is -3.00. The molecule has 1 saturated carbocycles. The van der Waals surface area contributed by atoms with E-state index in [1.54, 1.807) is 11.0 Å². The molecule has 2 aliphatic heterocycles. The lowest BCUT2D eigenvalue weighted by atomic mass is 9.85. The molecule has 1 unspecified atom stereocenters. The van der Waals surface area contributed by atoms with E-state index in [0.717, 1.165) is 69.9 Å². The number of aryl methyl sites for hydroxylation is 1. The topological polar surface area (TPSA) is 42.6 Å². The Morgan fingerprint density at radius 3 is 2.45 bits per heavy atom. The monoisotopic (exact) mass is 524 g/mol. The summed E-state index contributed by atoms with van der Waals surface area (Å²) in [6.45, 7) is 3.93. The summed E-state index contributed by atoms with van der Waals surface area (Å²) in [5, 5.41) is 1.20. The minimum Gasteiger partial charge on any atom is -0.368 e. The van der Waals surface area contributed by atoms with Crippen LogP contribution in [0.2, 0.25) is 0 Å². The summed E-state index contributed by atoms with van der Waals surface area (Å²) in [6, 6.07) is 12.5. The molecule has 0 spiro atoms. The highest BCUT2D eigenvalue weighted by molar-refractivity contribution is 5.98. The van der Waals surface area contributed by atoms with Gasteiger partial charge in [-0.2, -0.15) is 13.2 Å². The van der Waals surface area contributed by atoms with Crippen LogP contribution in [0.3, 0.4) is 0 Å². The molecule has 3 aliphatic rings. The van der Waals surface area contributed by atoms with Gasteiger partial charge in [-0.15, -0.1) is 0 Å². The van der Waals surface area contributed by atoms with Gasteiger partial charge in [-0.3, -0.25) is 9.69 Å². The molecule has 1 aliphatic carbocycles. The van der Waals surface area contributed by atoms with Gasteiger partial charge in [0.2, 0.25) is 5.91 Å². The second kappa shape index (κ2) is 10.3. The van der Waals surface area contributed by atoms with Gasteiger partial charge in [0.05, 0.1) is 11.3 Å². The van der Waals surface area contributed by atoms with Crippen LogP contribution in [0.25, 0.3) is 10.9 Å². The van der Waals surface area contributed by atoms with Gasteiger partial charge in [0.15, 0.2) is 0 Å². The van der Waals surface area contributed by atoms with Crippen LogP contribution in [0.15, 0.2) is 48.7 Å². The van der Waals surface area contributed by atoms with Gasteiger partial charge < -0.3 is 14.8 Å². The summed E-state index contributed by atoms with van der Waals surface area (Å²) in [4.78, 5) is 23.5. The highest BCUT2D eigenvalue weighted by atomic mass is 19.4. The lowest BCUT2D eigenvalue weighted by molar-refractivity contribution is -0.137. The molecule has 3 heterocycles. The summed E-state index contributed by atoms with van der Waals surface area (Å²) < 4.78 is 42.5. The first kappa shape index (κ1) is 25.3. The average Bonchev–Trinajstić information content (AvgIpc) is 3.42. The predicted molar refractivity (Wildman–Crippen MR) is 145 cm³/mol. The Morgan fingerprint density at radius 1 is 0.921 bits per heavy atom. The molecular weight excluding hydrogens is 489 g/mol. The van der Waals surface area contributed by atoms with Crippen LogP contribution in [0.5, 0.6) is 0 Å². The van der Waals surface area contributed by atoms with Gasteiger partial charge in [-0.05, 0) is 55.5 Å². The van der Waals surface area contributed by atoms with Crippen molar-refractivity contribution in [3.05, 3.63) is 59.8 Å². The maximum absolute atomic E-state index is 14.2. The largest absolute Gasteiger partial charge is 0.418 e. The van der Waals surface area contributed by atoms with Gasteiger partial charge in [0.1, 0.15) is 0 Å². The number of fused-ring (bicyclic) bond motifs is 2. The minimum absolute atomic E-state index is 0.106. The van der Waals surface area contributed by atoms with Crippen LogP contribution in [0.4, 0.5) is 24.5 Å². The molecule has 1 N–H and O–H groups in total. The zero-order chi connectivity index (χ0) is 26.3. The Bertz CT molecular complexity index is 1290. The Morgan fingerprint density at radius 2 is 1.68 bits per heavy atom. The number of nitrogens with one attached hydrogen (secondary N) is 1. The molecule has 1 saturated heterocycles. The average molecular weight is 525 g/mol. The summed E-state index contributed by atoms with van der Waals surface area (Å²) in [5.74, 6) is -0.290. The number of H-pyrrole nitrogens is 1. The number of piperazine rings is 1. The Balaban J connectivity index is 1.24. The van der Waals surface area contributed by atoms with Crippen molar-refractivity contribution in [2.75, 3.05) is 42.5 Å². The van der Waals surface area contributed by atoms with Gasteiger partial charge in [0, 0.05) is 67.5 Å². The van der Waals surface area contributed by atoms with Crippen molar-refractivity contribution in [2.45, 2.75) is 57.2 Å². The maximum Gasteiger partial charge on any atom is 0.418 e. The zero-order valence-corrected chi connectivity index (χ0v) is 21.6. The van der Waals surface area contributed by atoms with E-state index in [0.29, 0.717) is 24.9 Å². The molecular formula is C30H35F3N4O. The number of aromatic nitrogens is 1. The van der Waals surface area contributed by atoms with Crippen LogP contribution in [0.1, 0.15) is 49.7 Å². The van der Waals surface area contributed by atoms with E-state index < -0.39 is 11.7 Å². The number of halogens is 3. The molecule has 3 aromatic rings. The number of benzene rings is 2. The molecule has 0 radical (unpaired) electrons. The molecule has 202 valence electrons. The lowest BCUT2D eigenvalue weighted by Gasteiger charge is -2.44. The van der Waals surface area contributed by atoms with E-state index in [1.165, 1.54) is 17.1 Å². The van der Waals surface area contributed by atoms with Gasteiger partial charge in [0.25, 0.3) is 0 Å². The van der Waals surface area contributed by atoms with Crippen molar-refractivity contribution in [1.29, 1.82) is 0 Å². The van der Waals surface area contributed by atoms with Crippen molar-refractivity contribution in [1.82, 2.24) is 9.88 Å². The first-order valence-electron chi connectivity index (χ1n) is 14.0. The van der Waals surface area contributed by atoms with Gasteiger partial charge >= 0.3 is 6.18 Å². The molecule has 1 aromatic heterocycles. The second-order valence-corrected chi connectivity index (χ2v) is 11.1. The van der Waals surface area contributed by atoms with Gasteiger partial charge in [-0.25, -0.2) is 0 Å². The standard InChI is InChI=1S/C30H35F3N4O/c31-30(32,33)25-9-4-8-21-12-13-23(37(28(21)25)29(38)22-6-2-1-3-7-22)20-35-16-18-36(19-17-35)27-11-5-10-26-24(27)14-15-34-26/h4-5,8-11,14-15,22-23,34H,1-3,6-7,12-13,16-20H2. The number of rotatable bonds is 4. The van der Waals surface area contributed by atoms with E-state index in [9.17, 15) is 18.0 Å². The number of alkyl halides is 3. The van der Waals surface area contributed by atoms with Crippen molar-refractivity contribution >= 4 is 28.2 Å². The number of anilines is 2. The van der Waals surface area contributed by atoms with E-state index in [-0.39, 0.29) is 23.6 Å². The number of hydrogen-bond acceptors (Lipinski definition) is 3. The van der Waals surface area contributed by atoms with Crippen molar-refractivity contribution < 1.29 is 18.0 Å². The summed E-state index contributed by atoms with van der Waals surface area (Å²) in [6.07, 6.45) is 3.30. The molecule has 6 rings (SSSR count). The minimum atomic E-state index is -4.50. The fourth-order valence-corrected chi connectivity index (χ4v) is 6.76. The third-order valence-corrected chi connectivity index (χ3v) is 8.72. The quantitative estimate of drug-likeness (QED) is 0.440. The fourth-order valence-electron chi connectivity index (χ4n) is 6.76. The predicted octanol–water partition coefficient (Wildman–Crippen LogP) is 6.24. The maximum atomic E-state index is 14.2. The van der Waals surface area contributed by atoms with Crippen molar-refractivity contribution in [2.24, 2.45) is 5.92 Å². The van der Waals surface area contributed by atoms with Crippen LogP contribution in [-0.2, 0) is 17.4 Å². The van der Waals surface area contributed by atoms with Crippen molar-refractivity contribution in [3.8, 4) is 0 Å². The fraction of sp³-hybridized carbons (Fsp3) is 0.500. The number of nitrogens with zero attached hydrogens (tertiary/aromatic N) is 3. The molecule has 1 atom stereocenters. The molecule has 38 heavy (non-hydrogen) atoms. The number of aromatic amines is 1. The molecule has 0 bridgehead atoms. The SMILES string of the molecule is O=C(C1CCCCC1)N1c2c(cccc2C(F)(F)F)CCC1CN1CCN(c2cccc3[nH]ccc23)CC1.